The Balaban J connectivity index is 2.62. The minimum atomic E-state index is -4.13. The minimum Gasteiger partial charge on any atom is -0.381 e. The Hall–Kier alpha value is -0.330. The largest absolute Gasteiger partial charge is 0.401 e. The summed E-state index contributed by atoms with van der Waals surface area (Å²) in [5.74, 6) is 0.541. The number of hydrogen-bond acceptors (Lipinski definition) is 3. The van der Waals surface area contributed by atoms with E-state index < -0.39 is 12.7 Å². The smallest absolute Gasteiger partial charge is 0.381 e. The average molecular weight is 310 g/mol. The van der Waals surface area contributed by atoms with Gasteiger partial charge in [-0.2, -0.15) is 13.2 Å². The Morgan fingerprint density at radius 3 is 2.33 bits per heavy atom. The summed E-state index contributed by atoms with van der Waals surface area (Å²) in [6.45, 7) is 9.09. The van der Waals surface area contributed by atoms with Crippen LogP contribution in [0.15, 0.2) is 0 Å². The molecule has 1 fully saturated rings. The van der Waals surface area contributed by atoms with E-state index >= 15 is 0 Å². The van der Waals surface area contributed by atoms with Crippen molar-refractivity contribution in [2.45, 2.75) is 39.8 Å². The van der Waals surface area contributed by atoms with Crippen molar-refractivity contribution in [3.8, 4) is 0 Å². The van der Waals surface area contributed by atoms with Crippen LogP contribution in [0.25, 0.3) is 0 Å². The van der Waals surface area contributed by atoms with E-state index in [1.165, 1.54) is 4.90 Å². The van der Waals surface area contributed by atoms with Gasteiger partial charge in [0.15, 0.2) is 0 Å². The maximum absolute atomic E-state index is 12.6. The van der Waals surface area contributed by atoms with Crippen LogP contribution in [0.5, 0.6) is 0 Å². The molecule has 1 rings (SSSR count). The van der Waals surface area contributed by atoms with E-state index in [-0.39, 0.29) is 5.41 Å². The Morgan fingerprint density at radius 2 is 1.86 bits per heavy atom. The summed E-state index contributed by atoms with van der Waals surface area (Å²) in [6, 6.07) is 0. The zero-order valence-electron chi connectivity index (χ0n) is 13.4. The monoisotopic (exact) mass is 310 g/mol. The summed E-state index contributed by atoms with van der Waals surface area (Å²) in [4.78, 5) is 1.52. The van der Waals surface area contributed by atoms with E-state index in [1.807, 2.05) is 0 Å². The summed E-state index contributed by atoms with van der Waals surface area (Å²) in [5.41, 5.74) is -0.103. The van der Waals surface area contributed by atoms with E-state index in [9.17, 15) is 13.2 Å². The summed E-state index contributed by atoms with van der Waals surface area (Å²) >= 11 is 0. The molecule has 21 heavy (non-hydrogen) atoms. The molecule has 1 aliphatic rings. The number of nitrogens with one attached hydrogen (secondary N) is 1. The summed E-state index contributed by atoms with van der Waals surface area (Å²) < 4.78 is 43.3. The molecule has 0 spiro atoms. The molecule has 0 saturated carbocycles. The molecule has 3 nitrogen and oxygen atoms in total. The molecule has 0 aromatic carbocycles. The lowest BCUT2D eigenvalue weighted by molar-refractivity contribution is -0.150. The van der Waals surface area contributed by atoms with Gasteiger partial charge in [0.1, 0.15) is 0 Å². The summed E-state index contributed by atoms with van der Waals surface area (Å²) in [5, 5.41) is 3.42. The van der Waals surface area contributed by atoms with Crippen molar-refractivity contribution in [1.29, 1.82) is 0 Å². The highest BCUT2D eigenvalue weighted by molar-refractivity contribution is 4.87. The normalized spacial score (nSPS) is 19.4. The van der Waals surface area contributed by atoms with E-state index in [0.717, 1.165) is 25.9 Å². The highest BCUT2D eigenvalue weighted by Gasteiger charge is 2.37. The number of rotatable bonds is 8. The Kier molecular flexibility index (Phi) is 7.44. The van der Waals surface area contributed by atoms with Gasteiger partial charge in [-0.1, -0.05) is 20.8 Å². The van der Waals surface area contributed by atoms with Crippen molar-refractivity contribution < 1.29 is 17.9 Å². The average Bonchev–Trinajstić information content (AvgIpc) is 2.37. The molecule has 0 aliphatic carbocycles. The number of hydrogen-bond donors (Lipinski definition) is 1. The third-order valence-corrected chi connectivity index (χ3v) is 4.02. The third kappa shape index (κ3) is 7.47. The highest BCUT2D eigenvalue weighted by Crippen LogP contribution is 2.32. The fraction of sp³-hybridized carbons (Fsp3) is 1.00. The standard InChI is InChI=1S/C15H29F3N2O/c1-4-20(12-15(16,17)18)11-14(5-7-21-8-6-14)10-19-9-13(2)3/h13,19H,4-12H2,1-3H3. The molecule has 0 bridgehead atoms. The number of alkyl halides is 3. The van der Waals surface area contributed by atoms with E-state index in [4.69, 9.17) is 4.74 Å². The van der Waals surface area contributed by atoms with Crippen LogP contribution in [-0.2, 0) is 4.74 Å². The topological polar surface area (TPSA) is 24.5 Å². The van der Waals surface area contributed by atoms with Crippen molar-refractivity contribution in [3.63, 3.8) is 0 Å². The zero-order valence-corrected chi connectivity index (χ0v) is 13.4. The van der Waals surface area contributed by atoms with Crippen molar-refractivity contribution in [2.75, 3.05) is 45.9 Å². The molecule has 0 radical (unpaired) electrons. The van der Waals surface area contributed by atoms with Crippen LogP contribution in [0.4, 0.5) is 13.2 Å². The molecule has 0 aromatic rings. The van der Waals surface area contributed by atoms with Gasteiger partial charge in [-0.25, -0.2) is 0 Å². The lowest BCUT2D eigenvalue weighted by Crippen LogP contribution is -2.49. The third-order valence-electron chi connectivity index (χ3n) is 4.02. The molecule has 126 valence electrons. The minimum absolute atomic E-state index is 0.103. The first-order valence-electron chi connectivity index (χ1n) is 7.84. The van der Waals surface area contributed by atoms with E-state index in [2.05, 4.69) is 19.2 Å². The molecule has 1 aliphatic heterocycles. The van der Waals surface area contributed by atoms with Gasteiger partial charge in [-0.15, -0.1) is 0 Å². The van der Waals surface area contributed by atoms with E-state index in [0.29, 0.717) is 32.2 Å². The number of halogens is 3. The van der Waals surface area contributed by atoms with Gasteiger partial charge in [-0.3, -0.25) is 4.90 Å². The van der Waals surface area contributed by atoms with Gasteiger partial charge >= 0.3 is 6.18 Å². The van der Waals surface area contributed by atoms with Crippen molar-refractivity contribution in [3.05, 3.63) is 0 Å². The lowest BCUT2D eigenvalue weighted by atomic mass is 9.79. The second-order valence-corrected chi connectivity index (χ2v) is 6.56. The first kappa shape index (κ1) is 18.7. The molecule has 0 aromatic heterocycles. The maximum atomic E-state index is 12.6. The molecular formula is C15H29F3N2O. The van der Waals surface area contributed by atoms with Crippen LogP contribution in [0, 0.1) is 11.3 Å². The molecule has 6 heteroatoms. The maximum Gasteiger partial charge on any atom is 0.401 e. The van der Waals surface area contributed by atoms with Gasteiger partial charge < -0.3 is 10.1 Å². The van der Waals surface area contributed by atoms with E-state index in [1.54, 1.807) is 6.92 Å². The van der Waals surface area contributed by atoms with Crippen LogP contribution < -0.4 is 5.32 Å². The van der Waals surface area contributed by atoms with Gasteiger partial charge in [0, 0.05) is 26.3 Å². The van der Waals surface area contributed by atoms with Crippen LogP contribution >= 0.6 is 0 Å². The predicted octanol–water partition coefficient (Wildman–Crippen LogP) is 2.91. The highest BCUT2D eigenvalue weighted by atomic mass is 19.4. The Labute approximate surface area is 126 Å². The summed E-state index contributed by atoms with van der Waals surface area (Å²) in [6.07, 6.45) is -2.48. The molecule has 1 saturated heterocycles. The van der Waals surface area contributed by atoms with Gasteiger partial charge in [-0.05, 0) is 37.3 Å². The molecule has 1 heterocycles. The molecule has 1 N–H and O–H groups in total. The van der Waals surface area contributed by atoms with Gasteiger partial charge in [0.25, 0.3) is 0 Å². The van der Waals surface area contributed by atoms with Crippen LogP contribution in [0.2, 0.25) is 0 Å². The Morgan fingerprint density at radius 1 is 1.24 bits per heavy atom. The zero-order chi connectivity index (χ0) is 15.9. The molecule has 0 amide bonds. The van der Waals surface area contributed by atoms with Gasteiger partial charge in [0.05, 0.1) is 6.54 Å². The van der Waals surface area contributed by atoms with Crippen LogP contribution in [-0.4, -0.2) is 57.0 Å². The predicted molar refractivity (Wildman–Crippen MR) is 78.4 cm³/mol. The van der Waals surface area contributed by atoms with Crippen LogP contribution in [0.1, 0.15) is 33.6 Å². The fourth-order valence-corrected chi connectivity index (χ4v) is 2.83. The second kappa shape index (κ2) is 8.34. The summed E-state index contributed by atoms with van der Waals surface area (Å²) in [7, 11) is 0. The van der Waals surface area contributed by atoms with Crippen molar-refractivity contribution >= 4 is 0 Å². The quantitative estimate of drug-likeness (QED) is 0.746. The first-order chi connectivity index (χ1) is 9.76. The number of ether oxygens (including phenoxy) is 1. The fourth-order valence-electron chi connectivity index (χ4n) is 2.83. The molecular weight excluding hydrogens is 281 g/mol. The second-order valence-electron chi connectivity index (χ2n) is 6.56. The van der Waals surface area contributed by atoms with Crippen molar-refractivity contribution in [2.24, 2.45) is 11.3 Å². The molecule has 0 unspecified atom stereocenters. The van der Waals surface area contributed by atoms with Crippen molar-refractivity contribution in [1.82, 2.24) is 10.2 Å². The first-order valence-corrected chi connectivity index (χ1v) is 7.84. The Bertz CT molecular complexity index is 289. The van der Waals surface area contributed by atoms with Gasteiger partial charge in [0.2, 0.25) is 0 Å². The lowest BCUT2D eigenvalue weighted by Gasteiger charge is -2.41. The number of nitrogens with zero attached hydrogens (tertiary/aromatic N) is 1. The van der Waals surface area contributed by atoms with Crippen LogP contribution in [0.3, 0.4) is 0 Å². The molecule has 0 atom stereocenters. The SMILES string of the molecule is CCN(CC(F)(F)F)CC1(CNCC(C)C)CCOCC1.